The predicted octanol–water partition coefficient (Wildman–Crippen LogP) is 2.89. The van der Waals surface area contributed by atoms with Crippen LogP contribution in [0.4, 0.5) is 5.69 Å². The summed E-state index contributed by atoms with van der Waals surface area (Å²) < 4.78 is 27.5. The molecule has 0 saturated heterocycles. The summed E-state index contributed by atoms with van der Waals surface area (Å²) >= 11 is 0. The van der Waals surface area contributed by atoms with Gasteiger partial charge in [0, 0.05) is 12.6 Å². The third-order valence-electron chi connectivity index (χ3n) is 4.28. The monoisotopic (exact) mass is 330 g/mol. The van der Waals surface area contributed by atoms with Crippen molar-refractivity contribution in [2.75, 3.05) is 10.8 Å². The Morgan fingerprint density at radius 3 is 2.39 bits per heavy atom. The van der Waals surface area contributed by atoms with Gasteiger partial charge in [0.25, 0.3) is 10.0 Å². The number of hydrogen-bond acceptors (Lipinski definition) is 3. The van der Waals surface area contributed by atoms with E-state index in [0.29, 0.717) is 23.8 Å². The minimum absolute atomic E-state index is 0.186. The molecule has 2 aromatic carbocycles. The quantitative estimate of drug-likeness (QED) is 0.941. The Kier molecular flexibility index (Phi) is 4.17. The molecule has 0 fully saturated rings. The van der Waals surface area contributed by atoms with E-state index in [4.69, 9.17) is 5.73 Å². The largest absolute Gasteiger partial charge is 0.326 e. The lowest BCUT2D eigenvalue weighted by atomic mass is 10.0. The molecule has 3 rings (SSSR count). The van der Waals surface area contributed by atoms with Crippen molar-refractivity contribution in [3.8, 4) is 0 Å². The van der Waals surface area contributed by atoms with Gasteiger partial charge in [-0.3, -0.25) is 4.31 Å². The van der Waals surface area contributed by atoms with Crippen LogP contribution in [0.1, 0.15) is 30.9 Å². The van der Waals surface area contributed by atoms with Gasteiger partial charge in [0.15, 0.2) is 0 Å². The number of nitrogens with two attached hydrogens (primary N) is 1. The zero-order valence-electron chi connectivity index (χ0n) is 13.4. The van der Waals surface area contributed by atoms with Crippen LogP contribution in [0.15, 0.2) is 53.4 Å². The van der Waals surface area contributed by atoms with Gasteiger partial charge in [0.2, 0.25) is 0 Å². The summed E-state index contributed by atoms with van der Waals surface area (Å²) in [5, 5.41) is 0. The maximum absolute atomic E-state index is 13.0. The number of rotatable bonds is 3. The predicted molar refractivity (Wildman–Crippen MR) is 93.2 cm³/mol. The number of fused-ring (bicyclic) bond motifs is 1. The number of nitrogens with zero attached hydrogens (tertiary/aromatic N) is 1. The highest BCUT2D eigenvalue weighted by atomic mass is 32.2. The van der Waals surface area contributed by atoms with E-state index in [9.17, 15) is 8.42 Å². The first-order valence-corrected chi connectivity index (χ1v) is 9.30. The molecule has 1 aliphatic rings. The van der Waals surface area contributed by atoms with Crippen molar-refractivity contribution in [1.29, 1.82) is 0 Å². The summed E-state index contributed by atoms with van der Waals surface area (Å²) in [5.41, 5.74) is 8.92. The van der Waals surface area contributed by atoms with Crippen molar-refractivity contribution in [2.45, 2.75) is 37.1 Å². The first-order valence-electron chi connectivity index (χ1n) is 7.86. The lowest BCUT2D eigenvalue weighted by Crippen LogP contribution is -2.46. The topological polar surface area (TPSA) is 63.4 Å². The third-order valence-corrected chi connectivity index (χ3v) is 6.07. The highest BCUT2D eigenvalue weighted by Gasteiger charge is 2.31. The molecule has 0 bridgehead atoms. The van der Waals surface area contributed by atoms with Crippen molar-refractivity contribution >= 4 is 15.7 Å². The molecule has 1 unspecified atom stereocenters. The normalized spacial score (nSPS) is 18.1. The average Bonchev–Trinajstić information content (AvgIpc) is 2.54. The van der Waals surface area contributed by atoms with Crippen LogP contribution in [-0.4, -0.2) is 21.0 Å². The van der Waals surface area contributed by atoms with Crippen LogP contribution in [-0.2, 0) is 16.4 Å². The van der Waals surface area contributed by atoms with E-state index in [2.05, 4.69) is 13.8 Å². The average molecular weight is 330 g/mol. The summed E-state index contributed by atoms with van der Waals surface area (Å²) in [6, 6.07) is 14.5. The van der Waals surface area contributed by atoms with Gasteiger partial charge in [-0.05, 0) is 41.7 Å². The fraction of sp³-hybridized carbons (Fsp3) is 0.333. The standard InChI is InChI=1S/C18H22N2O2S/c1-13(2)14-7-9-17(10-8-14)23(21,22)20-12-16(19)11-15-5-3-4-6-18(15)20/h3-10,13,16H,11-12,19H2,1-2H3. The zero-order chi connectivity index (χ0) is 16.6. The molecule has 4 nitrogen and oxygen atoms in total. The summed E-state index contributed by atoms with van der Waals surface area (Å²) in [4.78, 5) is 0.311. The van der Waals surface area contributed by atoms with Crippen LogP contribution in [0, 0.1) is 0 Å². The molecule has 0 aliphatic carbocycles. The van der Waals surface area contributed by atoms with Gasteiger partial charge in [-0.25, -0.2) is 8.42 Å². The SMILES string of the molecule is CC(C)c1ccc(S(=O)(=O)N2CC(N)Cc3ccccc32)cc1. The fourth-order valence-corrected chi connectivity index (χ4v) is 4.52. The molecular formula is C18H22N2O2S. The summed E-state index contributed by atoms with van der Waals surface area (Å²) in [6.07, 6.45) is 0.703. The molecular weight excluding hydrogens is 308 g/mol. The summed E-state index contributed by atoms with van der Waals surface area (Å²) in [7, 11) is -3.60. The zero-order valence-corrected chi connectivity index (χ0v) is 14.3. The molecule has 0 aromatic heterocycles. The highest BCUT2D eigenvalue weighted by Crippen LogP contribution is 2.31. The third kappa shape index (κ3) is 2.99. The Morgan fingerprint density at radius 1 is 1.09 bits per heavy atom. The van der Waals surface area contributed by atoms with E-state index in [-0.39, 0.29) is 6.04 Å². The van der Waals surface area contributed by atoms with Gasteiger partial charge < -0.3 is 5.73 Å². The Balaban J connectivity index is 2.03. The lowest BCUT2D eigenvalue weighted by molar-refractivity contribution is 0.575. The van der Waals surface area contributed by atoms with Crippen molar-refractivity contribution in [1.82, 2.24) is 0 Å². The van der Waals surface area contributed by atoms with Gasteiger partial charge >= 0.3 is 0 Å². The molecule has 23 heavy (non-hydrogen) atoms. The molecule has 1 aliphatic heterocycles. The van der Waals surface area contributed by atoms with E-state index in [1.165, 1.54) is 4.31 Å². The van der Waals surface area contributed by atoms with E-state index < -0.39 is 10.0 Å². The molecule has 2 aromatic rings. The Labute approximate surface area is 138 Å². The van der Waals surface area contributed by atoms with Crippen LogP contribution >= 0.6 is 0 Å². The molecule has 0 radical (unpaired) electrons. The van der Waals surface area contributed by atoms with Crippen LogP contribution in [0.2, 0.25) is 0 Å². The van der Waals surface area contributed by atoms with Gasteiger partial charge in [-0.2, -0.15) is 0 Å². The van der Waals surface area contributed by atoms with E-state index >= 15 is 0 Å². The maximum atomic E-state index is 13.0. The second-order valence-electron chi connectivity index (χ2n) is 6.35. The molecule has 5 heteroatoms. The van der Waals surface area contributed by atoms with E-state index in [1.807, 2.05) is 36.4 Å². The van der Waals surface area contributed by atoms with Crippen LogP contribution in [0.25, 0.3) is 0 Å². The smallest absolute Gasteiger partial charge is 0.264 e. The Bertz CT molecular complexity index is 798. The first-order chi connectivity index (χ1) is 10.9. The Hall–Kier alpha value is -1.85. The number of para-hydroxylation sites is 1. The fourth-order valence-electron chi connectivity index (χ4n) is 2.96. The molecule has 0 saturated carbocycles. The van der Waals surface area contributed by atoms with Gasteiger partial charge in [-0.15, -0.1) is 0 Å². The second-order valence-corrected chi connectivity index (χ2v) is 8.22. The summed E-state index contributed by atoms with van der Waals surface area (Å²) in [5.74, 6) is 0.371. The van der Waals surface area contributed by atoms with Gasteiger partial charge in [0.05, 0.1) is 10.6 Å². The van der Waals surface area contributed by atoms with E-state index in [0.717, 1.165) is 16.8 Å². The van der Waals surface area contributed by atoms with E-state index in [1.54, 1.807) is 12.1 Å². The van der Waals surface area contributed by atoms with Crippen molar-refractivity contribution in [2.24, 2.45) is 5.73 Å². The number of benzene rings is 2. The number of hydrogen-bond donors (Lipinski definition) is 1. The molecule has 0 spiro atoms. The van der Waals surface area contributed by atoms with Crippen molar-refractivity contribution in [3.63, 3.8) is 0 Å². The number of anilines is 1. The summed E-state index contributed by atoms with van der Waals surface area (Å²) in [6.45, 7) is 4.48. The van der Waals surface area contributed by atoms with Gasteiger partial charge in [0.1, 0.15) is 0 Å². The number of sulfonamides is 1. The van der Waals surface area contributed by atoms with Crippen LogP contribution in [0.3, 0.4) is 0 Å². The van der Waals surface area contributed by atoms with Crippen molar-refractivity contribution < 1.29 is 8.42 Å². The Morgan fingerprint density at radius 2 is 1.74 bits per heavy atom. The minimum atomic E-state index is -3.60. The van der Waals surface area contributed by atoms with Gasteiger partial charge in [-0.1, -0.05) is 44.2 Å². The minimum Gasteiger partial charge on any atom is -0.326 e. The highest BCUT2D eigenvalue weighted by molar-refractivity contribution is 7.92. The van der Waals surface area contributed by atoms with Crippen molar-refractivity contribution in [3.05, 3.63) is 59.7 Å². The molecule has 0 amide bonds. The molecule has 2 N–H and O–H groups in total. The molecule has 122 valence electrons. The lowest BCUT2D eigenvalue weighted by Gasteiger charge is -2.33. The first kappa shape index (κ1) is 16.0. The van der Waals surface area contributed by atoms with Crippen LogP contribution in [0.5, 0.6) is 0 Å². The second kappa shape index (κ2) is 5.98. The maximum Gasteiger partial charge on any atom is 0.264 e. The van der Waals surface area contributed by atoms with Crippen LogP contribution < -0.4 is 10.0 Å². The molecule has 1 heterocycles. The molecule has 1 atom stereocenters.